The molecule has 0 amide bonds. The first-order chi connectivity index (χ1) is 8.76. The molecule has 1 unspecified atom stereocenters. The van der Waals surface area contributed by atoms with Crippen LogP contribution in [0, 0.1) is 22.7 Å². The lowest BCUT2D eigenvalue weighted by Crippen LogP contribution is -2.52. The molecule has 1 atom stereocenters. The van der Waals surface area contributed by atoms with Crippen LogP contribution in [-0.2, 0) is 0 Å². The Bertz CT molecular complexity index is 497. The van der Waals surface area contributed by atoms with Gasteiger partial charge in [-0.1, -0.05) is 12.1 Å². The van der Waals surface area contributed by atoms with Crippen molar-refractivity contribution in [1.29, 1.82) is 10.5 Å². The van der Waals surface area contributed by atoms with E-state index in [0.29, 0.717) is 12.0 Å². The molecule has 18 heavy (non-hydrogen) atoms. The van der Waals surface area contributed by atoms with Crippen LogP contribution in [-0.4, -0.2) is 37.6 Å². The van der Waals surface area contributed by atoms with Crippen molar-refractivity contribution in [3.05, 3.63) is 29.8 Å². The smallest absolute Gasteiger partial charge is 0.101 e. The fourth-order valence-electron chi connectivity index (χ4n) is 2.43. The molecule has 1 aromatic carbocycles. The molecule has 0 spiro atoms. The van der Waals surface area contributed by atoms with Gasteiger partial charge < -0.3 is 9.80 Å². The predicted octanol–water partition coefficient (Wildman–Crippen LogP) is 1.59. The van der Waals surface area contributed by atoms with Gasteiger partial charge in [0.25, 0.3) is 0 Å². The number of hydrogen-bond donors (Lipinski definition) is 0. The normalized spacial score (nSPS) is 20.2. The zero-order valence-corrected chi connectivity index (χ0v) is 10.5. The second kappa shape index (κ2) is 5.53. The molecule has 2 rings (SSSR count). The molecule has 0 saturated carbocycles. The number of benzene rings is 1. The van der Waals surface area contributed by atoms with E-state index < -0.39 is 0 Å². The van der Waals surface area contributed by atoms with Gasteiger partial charge in [-0.05, 0) is 19.2 Å². The minimum absolute atomic E-state index is 0.170. The van der Waals surface area contributed by atoms with E-state index >= 15 is 0 Å². The van der Waals surface area contributed by atoms with E-state index in [4.69, 9.17) is 10.5 Å². The molecule has 1 saturated heterocycles. The van der Waals surface area contributed by atoms with Gasteiger partial charge in [0.2, 0.25) is 0 Å². The van der Waals surface area contributed by atoms with Gasteiger partial charge in [0.1, 0.15) is 6.07 Å². The molecular weight excluding hydrogens is 224 g/mol. The standard InChI is InChI=1S/C14H16N4/c1-17-8-9-18(13(11-17)6-7-15)14-5-3-2-4-12(14)10-16/h2-5,13H,6,8-9,11H2,1H3. The summed E-state index contributed by atoms with van der Waals surface area (Å²) >= 11 is 0. The first-order valence-corrected chi connectivity index (χ1v) is 6.07. The molecule has 0 aliphatic carbocycles. The van der Waals surface area contributed by atoms with Crippen molar-refractivity contribution >= 4 is 5.69 Å². The molecule has 92 valence electrons. The summed E-state index contributed by atoms with van der Waals surface area (Å²) in [5.74, 6) is 0. The van der Waals surface area contributed by atoms with Crippen molar-refractivity contribution in [2.75, 3.05) is 31.6 Å². The van der Waals surface area contributed by atoms with Crippen LogP contribution in [0.5, 0.6) is 0 Å². The topological polar surface area (TPSA) is 54.1 Å². The Balaban J connectivity index is 2.30. The van der Waals surface area contributed by atoms with Crippen LogP contribution >= 0.6 is 0 Å². The third kappa shape index (κ3) is 2.45. The van der Waals surface area contributed by atoms with E-state index in [9.17, 15) is 0 Å². The van der Waals surface area contributed by atoms with Gasteiger partial charge in [-0.25, -0.2) is 0 Å². The monoisotopic (exact) mass is 240 g/mol. The summed E-state index contributed by atoms with van der Waals surface area (Å²) in [6, 6.07) is 12.3. The molecule has 0 N–H and O–H groups in total. The number of anilines is 1. The molecule has 0 radical (unpaired) electrons. The van der Waals surface area contributed by atoms with Gasteiger partial charge in [0.05, 0.1) is 29.8 Å². The van der Waals surface area contributed by atoms with E-state index in [1.165, 1.54) is 0 Å². The third-order valence-electron chi connectivity index (χ3n) is 3.35. The Hall–Kier alpha value is -2.04. The van der Waals surface area contributed by atoms with Gasteiger partial charge in [0, 0.05) is 19.6 Å². The number of piperazine rings is 1. The van der Waals surface area contributed by atoms with Gasteiger partial charge in [-0.2, -0.15) is 10.5 Å². The van der Waals surface area contributed by atoms with Gasteiger partial charge in [0.15, 0.2) is 0 Å². The molecule has 0 aromatic heterocycles. The maximum Gasteiger partial charge on any atom is 0.101 e. The average molecular weight is 240 g/mol. The van der Waals surface area contributed by atoms with Gasteiger partial charge in [-0.15, -0.1) is 0 Å². The zero-order valence-electron chi connectivity index (χ0n) is 10.5. The Morgan fingerprint density at radius 1 is 1.28 bits per heavy atom. The number of rotatable bonds is 2. The number of hydrogen-bond acceptors (Lipinski definition) is 4. The lowest BCUT2D eigenvalue weighted by molar-refractivity contribution is 0.268. The number of nitrogens with zero attached hydrogens (tertiary/aromatic N) is 4. The Labute approximate surface area is 108 Å². The van der Waals surface area contributed by atoms with Gasteiger partial charge in [-0.3, -0.25) is 0 Å². The molecule has 1 fully saturated rings. The van der Waals surface area contributed by atoms with Crippen molar-refractivity contribution in [3.63, 3.8) is 0 Å². The summed E-state index contributed by atoms with van der Waals surface area (Å²) in [5.41, 5.74) is 1.64. The maximum atomic E-state index is 9.17. The molecule has 4 heteroatoms. The Morgan fingerprint density at radius 3 is 2.78 bits per heavy atom. The summed E-state index contributed by atoms with van der Waals surface area (Å²) < 4.78 is 0. The maximum absolute atomic E-state index is 9.17. The fraction of sp³-hybridized carbons (Fsp3) is 0.429. The van der Waals surface area contributed by atoms with Crippen LogP contribution in [0.25, 0.3) is 0 Å². The second-order valence-electron chi connectivity index (χ2n) is 4.60. The van der Waals surface area contributed by atoms with E-state index in [-0.39, 0.29) is 6.04 Å². The highest BCUT2D eigenvalue weighted by Crippen LogP contribution is 2.25. The second-order valence-corrected chi connectivity index (χ2v) is 4.60. The first kappa shape index (κ1) is 12.4. The SMILES string of the molecule is CN1CCN(c2ccccc2C#N)C(CC#N)C1. The van der Waals surface area contributed by atoms with Crippen molar-refractivity contribution in [2.24, 2.45) is 0 Å². The minimum atomic E-state index is 0.170. The highest BCUT2D eigenvalue weighted by atomic mass is 15.3. The van der Waals surface area contributed by atoms with Crippen molar-refractivity contribution < 1.29 is 0 Å². The summed E-state index contributed by atoms with van der Waals surface area (Å²) in [6.45, 7) is 2.69. The zero-order chi connectivity index (χ0) is 13.0. The Morgan fingerprint density at radius 2 is 2.06 bits per heavy atom. The van der Waals surface area contributed by atoms with E-state index in [2.05, 4.69) is 29.0 Å². The molecule has 1 aliphatic rings. The van der Waals surface area contributed by atoms with Crippen molar-refractivity contribution in [2.45, 2.75) is 12.5 Å². The molecule has 1 aliphatic heterocycles. The molecular formula is C14H16N4. The average Bonchev–Trinajstić information content (AvgIpc) is 2.39. The lowest BCUT2D eigenvalue weighted by atomic mass is 10.1. The quantitative estimate of drug-likeness (QED) is 0.787. The van der Waals surface area contributed by atoms with Crippen LogP contribution < -0.4 is 4.90 Å². The van der Waals surface area contributed by atoms with Crippen molar-refractivity contribution in [1.82, 2.24) is 4.90 Å². The first-order valence-electron chi connectivity index (χ1n) is 6.07. The minimum Gasteiger partial charge on any atom is -0.364 e. The van der Waals surface area contributed by atoms with E-state index in [1.807, 2.05) is 24.3 Å². The Kier molecular flexibility index (Phi) is 3.82. The van der Waals surface area contributed by atoms with Crippen LogP contribution in [0.15, 0.2) is 24.3 Å². The molecule has 0 bridgehead atoms. The van der Waals surface area contributed by atoms with Crippen LogP contribution in [0.1, 0.15) is 12.0 Å². The van der Waals surface area contributed by atoms with Crippen molar-refractivity contribution in [3.8, 4) is 12.1 Å². The summed E-state index contributed by atoms with van der Waals surface area (Å²) in [4.78, 5) is 4.43. The van der Waals surface area contributed by atoms with E-state index in [0.717, 1.165) is 25.3 Å². The molecule has 1 heterocycles. The molecule has 4 nitrogen and oxygen atoms in total. The van der Waals surface area contributed by atoms with Gasteiger partial charge >= 0.3 is 0 Å². The van der Waals surface area contributed by atoms with Crippen LogP contribution in [0.3, 0.4) is 0 Å². The fourth-order valence-corrected chi connectivity index (χ4v) is 2.43. The van der Waals surface area contributed by atoms with Crippen LogP contribution in [0.4, 0.5) is 5.69 Å². The third-order valence-corrected chi connectivity index (χ3v) is 3.35. The molecule has 1 aromatic rings. The van der Waals surface area contributed by atoms with Crippen LogP contribution in [0.2, 0.25) is 0 Å². The largest absolute Gasteiger partial charge is 0.364 e. The summed E-state index contributed by atoms with van der Waals surface area (Å²) in [7, 11) is 2.07. The summed E-state index contributed by atoms with van der Waals surface area (Å²) in [6.07, 6.45) is 0.490. The summed E-state index contributed by atoms with van der Waals surface area (Å²) in [5, 5.41) is 18.1. The van der Waals surface area contributed by atoms with E-state index in [1.54, 1.807) is 0 Å². The lowest BCUT2D eigenvalue weighted by Gasteiger charge is -2.41. The number of para-hydroxylation sites is 1. The number of nitriles is 2. The highest BCUT2D eigenvalue weighted by molar-refractivity contribution is 5.60. The highest BCUT2D eigenvalue weighted by Gasteiger charge is 2.26. The number of likely N-dealkylation sites (N-methyl/N-ethyl adjacent to an activating group) is 1. The predicted molar refractivity (Wildman–Crippen MR) is 70.0 cm³/mol.